The fourth-order valence-electron chi connectivity index (χ4n) is 3.00. The first-order chi connectivity index (χ1) is 12.6. The van der Waals surface area contributed by atoms with Crippen molar-refractivity contribution < 1.29 is 18.3 Å². The molecule has 7 heteroatoms. The summed E-state index contributed by atoms with van der Waals surface area (Å²) >= 11 is 0. The number of nitrogens with one attached hydrogen (secondary N) is 1. The van der Waals surface area contributed by atoms with E-state index in [9.17, 15) is 13.6 Å². The van der Waals surface area contributed by atoms with E-state index in [4.69, 9.17) is 4.74 Å². The number of carbonyl (C=O) groups is 1. The fourth-order valence-corrected chi connectivity index (χ4v) is 3.00. The maximum absolute atomic E-state index is 12.5. The van der Waals surface area contributed by atoms with E-state index in [1.807, 2.05) is 18.2 Å². The number of nitrogens with zero attached hydrogens (tertiary/aromatic N) is 2. The number of hydrogen-bond acceptors (Lipinski definition) is 4. The van der Waals surface area contributed by atoms with E-state index in [0.29, 0.717) is 0 Å². The Bertz CT molecular complexity index is 720. The number of hydrogen-bond donors (Lipinski definition) is 1. The number of benzene rings is 1. The SMILES string of the molecule is O=C(NC1CCN(c2ccccc2)CC1)c1cccnc1OCC(F)F. The van der Waals surface area contributed by atoms with Crippen LogP contribution < -0.4 is 15.0 Å². The summed E-state index contributed by atoms with van der Waals surface area (Å²) in [6.45, 7) is 0.903. The number of aromatic nitrogens is 1. The van der Waals surface area contributed by atoms with Gasteiger partial charge < -0.3 is 15.0 Å². The third kappa shape index (κ3) is 4.68. The minimum Gasteiger partial charge on any atom is -0.471 e. The van der Waals surface area contributed by atoms with Gasteiger partial charge in [-0.25, -0.2) is 13.8 Å². The van der Waals surface area contributed by atoms with Gasteiger partial charge in [0.25, 0.3) is 12.3 Å². The van der Waals surface area contributed by atoms with Gasteiger partial charge in [-0.2, -0.15) is 0 Å². The molecule has 138 valence electrons. The largest absolute Gasteiger partial charge is 0.471 e. The number of carbonyl (C=O) groups excluding carboxylic acids is 1. The molecule has 1 aromatic heterocycles. The van der Waals surface area contributed by atoms with Crippen molar-refractivity contribution in [3.05, 3.63) is 54.2 Å². The van der Waals surface area contributed by atoms with E-state index in [0.717, 1.165) is 25.9 Å². The number of halogens is 2. The zero-order valence-corrected chi connectivity index (χ0v) is 14.3. The Labute approximate surface area is 151 Å². The second-order valence-electron chi connectivity index (χ2n) is 6.13. The molecule has 0 radical (unpaired) electrons. The number of piperidine rings is 1. The summed E-state index contributed by atoms with van der Waals surface area (Å²) in [7, 11) is 0. The molecule has 5 nitrogen and oxygen atoms in total. The summed E-state index contributed by atoms with van der Waals surface area (Å²) in [5.41, 5.74) is 1.35. The highest BCUT2D eigenvalue weighted by Crippen LogP contribution is 2.21. The molecule has 0 unspecified atom stereocenters. The number of ether oxygens (including phenoxy) is 1. The van der Waals surface area contributed by atoms with Gasteiger partial charge in [-0.05, 0) is 37.1 Å². The van der Waals surface area contributed by atoms with Crippen molar-refractivity contribution in [3.63, 3.8) is 0 Å². The molecule has 1 aliphatic rings. The molecule has 26 heavy (non-hydrogen) atoms. The lowest BCUT2D eigenvalue weighted by atomic mass is 10.0. The molecule has 2 heterocycles. The highest BCUT2D eigenvalue weighted by atomic mass is 19.3. The zero-order chi connectivity index (χ0) is 18.4. The van der Waals surface area contributed by atoms with Gasteiger partial charge in [0, 0.05) is 31.0 Å². The topological polar surface area (TPSA) is 54.5 Å². The third-order valence-corrected chi connectivity index (χ3v) is 4.31. The van der Waals surface area contributed by atoms with Crippen LogP contribution in [0, 0.1) is 0 Å². The quantitative estimate of drug-likeness (QED) is 0.859. The second kappa shape index (κ2) is 8.60. The number of anilines is 1. The van der Waals surface area contributed by atoms with Gasteiger partial charge in [-0.15, -0.1) is 0 Å². The predicted octanol–water partition coefficient (Wildman–Crippen LogP) is 3.12. The summed E-state index contributed by atoms with van der Waals surface area (Å²) in [5.74, 6) is -0.410. The average Bonchev–Trinajstić information content (AvgIpc) is 2.68. The fraction of sp³-hybridized carbons (Fsp3) is 0.368. The first-order valence-electron chi connectivity index (χ1n) is 8.60. The molecular formula is C19H21F2N3O2. The first kappa shape index (κ1) is 18.1. The van der Waals surface area contributed by atoms with Crippen LogP contribution in [0.5, 0.6) is 5.88 Å². The van der Waals surface area contributed by atoms with Crippen LogP contribution in [0.15, 0.2) is 48.7 Å². The maximum Gasteiger partial charge on any atom is 0.272 e. The van der Waals surface area contributed by atoms with E-state index in [1.165, 1.54) is 18.0 Å². The third-order valence-electron chi connectivity index (χ3n) is 4.31. The molecule has 1 fully saturated rings. The number of para-hydroxylation sites is 1. The summed E-state index contributed by atoms with van der Waals surface area (Å²) < 4.78 is 29.6. The Balaban J connectivity index is 1.56. The van der Waals surface area contributed by atoms with Gasteiger partial charge in [-0.1, -0.05) is 18.2 Å². The summed E-state index contributed by atoms with van der Waals surface area (Å²) in [6, 6.07) is 13.3. The maximum atomic E-state index is 12.5. The molecular weight excluding hydrogens is 340 g/mol. The number of amides is 1. The summed E-state index contributed by atoms with van der Waals surface area (Å²) in [4.78, 5) is 18.7. The molecule has 0 atom stereocenters. The zero-order valence-electron chi connectivity index (χ0n) is 14.3. The highest BCUT2D eigenvalue weighted by Gasteiger charge is 2.23. The Morgan fingerprint density at radius 1 is 1.19 bits per heavy atom. The average molecular weight is 361 g/mol. The van der Waals surface area contributed by atoms with Crippen molar-refractivity contribution in [2.24, 2.45) is 0 Å². The standard InChI is InChI=1S/C19H21F2N3O2/c20-17(21)13-26-19-16(7-4-10-22-19)18(25)23-14-8-11-24(12-9-14)15-5-2-1-3-6-15/h1-7,10,14,17H,8-9,11-13H2,(H,23,25). The molecule has 1 amide bonds. The molecule has 2 aromatic rings. The molecule has 1 aromatic carbocycles. The Kier molecular flexibility index (Phi) is 5.99. The molecule has 0 saturated carbocycles. The second-order valence-corrected chi connectivity index (χ2v) is 6.13. The molecule has 0 bridgehead atoms. The van der Waals surface area contributed by atoms with Gasteiger partial charge in [0.1, 0.15) is 5.56 Å². The summed E-state index contributed by atoms with van der Waals surface area (Å²) in [6.07, 6.45) is 0.424. The smallest absolute Gasteiger partial charge is 0.272 e. The summed E-state index contributed by atoms with van der Waals surface area (Å²) in [5, 5.41) is 2.96. The molecule has 0 aliphatic carbocycles. The van der Waals surface area contributed by atoms with Gasteiger partial charge in [0.05, 0.1) is 0 Å². The Morgan fingerprint density at radius 2 is 1.92 bits per heavy atom. The van der Waals surface area contributed by atoms with E-state index < -0.39 is 13.0 Å². The van der Waals surface area contributed by atoms with Gasteiger partial charge >= 0.3 is 0 Å². The van der Waals surface area contributed by atoms with E-state index >= 15 is 0 Å². The van der Waals surface area contributed by atoms with Gasteiger partial charge in [0.15, 0.2) is 6.61 Å². The molecule has 1 aliphatic heterocycles. The van der Waals surface area contributed by atoms with Crippen molar-refractivity contribution in [1.82, 2.24) is 10.3 Å². The normalized spacial score (nSPS) is 15.1. The molecule has 0 spiro atoms. The van der Waals surface area contributed by atoms with Crippen molar-refractivity contribution in [2.75, 3.05) is 24.6 Å². The minimum atomic E-state index is -2.62. The first-order valence-corrected chi connectivity index (χ1v) is 8.60. The lowest BCUT2D eigenvalue weighted by molar-refractivity contribution is 0.0769. The van der Waals surface area contributed by atoms with Gasteiger partial charge in [-0.3, -0.25) is 4.79 Å². The van der Waals surface area contributed by atoms with Crippen LogP contribution in [0.1, 0.15) is 23.2 Å². The van der Waals surface area contributed by atoms with Crippen molar-refractivity contribution >= 4 is 11.6 Å². The Hall–Kier alpha value is -2.70. The Morgan fingerprint density at radius 3 is 2.62 bits per heavy atom. The van der Waals surface area contributed by atoms with Crippen LogP contribution in [0.3, 0.4) is 0 Å². The van der Waals surface area contributed by atoms with E-state index in [-0.39, 0.29) is 23.4 Å². The number of alkyl halides is 2. The lowest BCUT2D eigenvalue weighted by Gasteiger charge is -2.34. The van der Waals surface area contributed by atoms with Crippen LogP contribution >= 0.6 is 0 Å². The van der Waals surface area contributed by atoms with Crippen LogP contribution in [-0.2, 0) is 0 Å². The molecule has 1 saturated heterocycles. The monoisotopic (exact) mass is 361 g/mol. The highest BCUT2D eigenvalue weighted by molar-refractivity contribution is 5.96. The van der Waals surface area contributed by atoms with Crippen molar-refractivity contribution in [3.8, 4) is 5.88 Å². The van der Waals surface area contributed by atoms with E-state index in [1.54, 1.807) is 6.07 Å². The lowest BCUT2D eigenvalue weighted by Crippen LogP contribution is -2.44. The van der Waals surface area contributed by atoms with Crippen molar-refractivity contribution in [1.29, 1.82) is 0 Å². The predicted molar refractivity (Wildman–Crippen MR) is 94.9 cm³/mol. The van der Waals surface area contributed by atoms with Crippen molar-refractivity contribution in [2.45, 2.75) is 25.3 Å². The van der Waals surface area contributed by atoms with E-state index in [2.05, 4.69) is 27.3 Å². The van der Waals surface area contributed by atoms with Crippen LogP contribution in [0.25, 0.3) is 0 Å². The number of rotatable bonds is 6. The van der Waals surface area contributed by atoms with Crippen LogP contribution in [0.2, 0.25) is 0 Å². The number of pyridine rings is 1. The van der Waals surface area contributed by atoms with Crippen LogP contribution in [-0.4, -0.2) is 43.1 Å². The minimum absolute atomic E-state index is 0.0330. The van der Waals surface area contributed by atoms with Gasteiger partial charge in [0.2, 0.25) is 5.88 Å². The molecule has 3 rings (SSSR count). The molecule has 1 N–H and O–H groups in total. The van der Waals surface area contributed by atoms with Crippen LogP contribution in [0.4, 0.5) is 14.5 Å².